The molecule has 3 heteroatoms. The standard InChI is InChI=1S/C36H19ClS2/c37-34-21-10-2-1-9-20(21)17-30-33-25-14-5-3-11-22(25)28(19-32(33)39-36(30)34)27-18-29-24-13-7-8-16-31(24)38-35(29)26-15-6-4-12-23(26)27/h1-19H. The van der Waals surface area contributed by atoms with Crippen LogP contribution in [0.3, 0.4) is 0 Å². The third kappa shape index (κ3) is 3.00. The molecule has 7 aromatic carbocycles. The highest BCUT2D eigenvalue weighted by atomic mass is 35.5. The van der Waals surface area contributed by atoms with Crippen molar-refractivity contribution >= 4 is 107 Å². The lowest BCUT2D eigenvalue weighted by molar-refractivity contribution is 1.76. The Bertz CT molecular complexity index is 2460. The van der Waals surface area contributed by atoms with Crippen molar-refractivity contribution in [1.82, 2.24) is 0 Å². The Balaban J connectivity index is 1.47. The van der Waals surface area contributed by atoms with Crippen LogP contribution in [0.5, 0.6) is 0 Å². The van der Waals surface area contributed by atoms with Crippen LogP contribution in [0.25, 0.3) is 83.8 Å². The molecule has 0 N–H and O–H groups in total. The summed E-state index contributed by atoms with van der Waals surface area (Å²) in [5.41, 5.74) is 2.56. The minimum Gasteiger partial charge on any atom is -0.135 e. The second kappa shape index (κ2) is 8.03. The Morgan fingerprint density at radius 3 is 1.82 bits per heavy atom. The van der Waals surface area contributed by atoms with Crippen molar-refractivity contribution in [2.45, 2.75) is 0 Å². The number of hydrogen-bond donors (Lipinski definition) is 0. The fraction of sp³-hybridized carbons (Fsp3) is 0. The van der Waals surface area contributed by atoms with E-state index in [0.717, 1.165) is 15.1 Å². The molecule has 0 amide bonds. The van der Waals surface area contributed by atoms with E-state index in [1.54, 1.807) is 0 Å². The van der Waals surface area contributed by atoms with Crippen LogP contribution in [-0.2, 0) is 0 Å². The van der Waals surface area contributed by atoms with Crippen LogP contribution < -0.4 is 0 Å². The van der Waals surface area contributed by atoms with E-state index in [4.69, 9.17) is 11.6 Å². The summed E-state index contributed by atoms with van der Waals surface area (Å²) in [6.07, 6.45) is 0. The molecule has 0 bridgehead atoms. The van der Waals surface area contributed by atoms with Gasteiger partial charge in [0.15, 0.2) is 0 Å². The van der Waals surface area contributed by atoms with E-state index in [2.05, 4.69) is 115 Å². The Labute approximate surface area is 237 Å². The topological polar surface area (TPSA) is 0 Å². The highest BCUT2D eigenvalue weighted by Crippen LogP contribution is 2.49. The molecule has 0 saturated carbocycles. The van der Waals surface area contributed by atoms with Crippen LogP contribution in [0.15, 0.2) is 115 Å². The molecule has 0 atom stereocenters. The monoisotopic (exact) mass is 550 g/mol. The number of fused-ring (bicyclic) bond motifs is 11. The first-order valence-electron chi connectivity index (χ1n) is 13.0. The zero-order valence-electron chi connectivity index (χ0n) is 20.7. The molecule has 0 radical (unpaired) electrons. The number of hydrogen-bond acceptors (Lipinski definition) is 2. The molecule has 9 aromatic rings. The van der Waals surface area contributed by atoms with Gasteiger partial charge in [-0.3, -0.25) is 0 Å². The first-order valence-corrected chi connectivity index (χ1v) is 15.1. The Hall–Kier alpha value is -3.95. The Morgan fingerprint density at radius 1 is 0.410 bits per heavy atom. The molecular formula is C36H19ClS2. The second-order valence-corrected chi connectivity index (χ2v) is 12.7. The summed E-state index contributed by atoms with van der Waals surface area (Å²) in [7, 11) is 0. The van der Waals surface area contributed by atoms with Crippen molar-refractivity contribution in [3.63, 3.8) is 0 Å². The molecule has 0 saturated heterocycles. The summed E-state index contributed by atoms with van der Waals surface area (Å²) in [5, 5.41) is 13.5. The summed E-state index contributed by atoms with van der Waals surface area (Å²) >= 11 is 10.8. The van der Waals surface area contributed by atoms with Crippen LogP contribution in [0.1, 0.15) is 0 Å². The molecule has 2 heterocycles. The number of thiophene rings is 2. The number of rotatable bonds is 1. The Kier molecular flexibility index (Phi) is 4.52. The smallest absolute Gasteiger partial charge is 0.0663 e. The highest BCUT2D eigenvalue weighted by molar-refractivity contribution is 7.27. The summed E-state index contributed by atoms with van der Waals surface area (Å²) in [6.45, 7) is 0. The van der Waals surface area contributed by atoms with Crippen LogP contribution in [0.2, 0.25) is 5.02 Å². The second-order valence-electron chi connectivity index (χ2n) is 10.2. The van der Waals surface area contributed by atoms with Crippen LogP contribution in [-0.4, -0.2) is 0 Å². The molecule has 0 aliphatic rings. The number of halogens is 1. The maximum atomic E-state index is 7.05. The van der Waals surface area contributed by atoms with Gasteiger partial charge in [-0.25, -0.2) is 0 Å². The fourth-order valence-electron chi connectivity index (χ4n) is 6.38. The third-order valence-corrected chi connectivity index (χ3v) is 11.0. The van der Waals surface area contributed by atoms with Crippen LogP contribution >= 0.6 is 34.3 Å². The van der Waals surface area contributed by atoms with Gasteiger partial charge in [0.05, 0.1) is 9.72 Å². The van der Waals surface area contributed by atoms with Gasteiger partial charge >= 0.3 is 0 Å². The molecule has 39 heavy (non-hydrogen) atoms. The summed E-state index contributed by atoms with van der Waals surface area (Å²) in [4.78, 5) is 0. The Morgan fingerprint density at radius 2 is 1.00 bits per heavy atom. The van der Waals surface area contributed by atoms with Gasteiger partial charge in [-0.2, -0.15) is 0 Å². The van der Waals surface area contributed by atoms with E-state index >= 15 is 0 Å². The van der Waals surface area contributed by atoms with Gasteiger partial charge in [0.2, 0.25) is 0 Å². The molecule has 0 fully saturated rings. The molecule has 0 spiro atoms. The molecule has 0 nitrogen and oxygen atoms in total. The summed E-state index contributed by atoms with van der Waals surface area (Å²) < 4.78 is 5.13. The van der Waals surface area contributed by atoms with Gasteiger partial charge in [-0.05, 0) is 56.9 Å². The third-order valence-electron chi connectivity index (χ3n) is 8.11. The molecule has 0 aliphatic carbocycles. The maximum absolute atomic E-state index is 7.05. The summed E-state index contributed by atoms with van der Waals surface area (Å²) in [5.74, 6) is 0. The van der Waals surface area contributed by atoms with Crippen molar-refractivity contribution in [2.75, 3.05) is 0 Å². The molecule has 0 unspecified atom stereocenters. The quantitative estimate of drug-likeness (QED) is 0.190. The lowest BCUT2D eigenvalue weighted by Crippen LogP contribution is -1.86. The van der Waals surface area contributed by atoms with Gasteiger partial charge in [-0.1, -0.05) is 103 Å². The minimum atomic E-state index is 0.853. The van der Waals surface area contributed by atoms with E-state index in [1.165, 1.54) is 73.7 Å². The van der Waals surface area contributed by atoms with Gasteiger partial charge in [0.25, 0.3) is 0 Å². The lowest BCUT2D eigenvalue weighted by Gasteiger charge is -2.13. The maximum Gasteiger partial charge on any atom is 0.0663 e. The average Bonchev–Trinajstić information content (AvgIpc) is 3.55. The summed E-state index contributed by atoms with van der Waals surface area (Å²) in [6, 6.07) is 42.1. The van der Waals surface area contributed by atoms with Gasteiger partial charge in [-0.15, -0.1) is 22.7 Å². The van der Waals surface area contributed by atoms with E-state index in [-0.39, 0.29) is 0 Å². The fourth-order valence-corrected chi connectivity index (χ4v) is 9.18. The molecule has 182 valence electrons. The normalized spacial score (nSPS) is 12.2. The highest BCUT2D eigenvalue weighted by Gasteiger charge is 2.19. The van der Waals surface area contributed by atoms with E-state index in [9.17, 15) is 0 Å². The molecule has 2 aromatic heterocycles. The first-order chi connectivity index (χ1) is 19.3. The van der Waals surface area contributed by atoms with E-state index in [0.29, 0.717) is 0 Å². The van der Waals surface area contributed by atoms with E-state index in [1.807, 2.05) is 22.7 Å². The minimum absolute atomic E-state index is 0.853. The number of benzene rings is 7. The molecule has 9 rings (SSSR count). The SMILES string of the molecule is Clc1c2ccccc2cc2c1sc1cc(-c3cc4c5ccccc5sc4c4ccccc34)c3ccccc3c12. The van der Waals surface area contributed by atoms with Crippen LogP contribution in [0.4, 0.5) is 0 Å². The zero-order valence-corrected chi connectivity index (χ0v) is 23.1. The van der Waals surface area contributed by atoms with Crippen molar-refractivity contribution in [2.24, 2.45) is 0 Å². The van der Waals surface area contributed by atoms with Crippen LogP contribution in [0, 0.1) is 0 Å². The first kappa shape index (κ1) is 21.9. The van der Waals surface area contributed by atoms with Gasteiger partial charge in [0, 0.05) is 46.4 Å². The van der Waals surface area contributed by atoms with Crippen molar-refractivity contribution in [3.8, 4) is 11.1 Å². The molecular weight excluding hydrogens is 532 g/mol. The van der Waals surface area contributed by atoms with Crippen molar-refractivity contribution in [1.29, 1.82) is 0 Å². The lowest BCUT2D eigenvalue weighted by atomic mass is 9.90. The zero-order chi connectivity index (χ0) is 25.7. The van der Waals surface area contributed by atoms with Gasteiger partial charge < -0.3 is 0 Å². The van der Waals surface area contributed by atoms with Crippen molar-refractivity contribution in [3.05, 3.63) is 120 Å². The van der Waals surface area contributed by atoms with Crippen molar-refractivity contribution < 1.29 is 0 Å². The predicted octanol–water partition coefficient (Wildman–Crippen LogP) is 12.2. The van der Waals surface area contributed by atoms with Gasteiger partial charge in [0.1, 0.15) is 0 Å². The largest absolute Gasteiger partial charge is 0.135 e. The average molecular weight is 551 g/mol. The predicted molar refractivity (Wildman–Crippen MR) is 175 cm³/mol. The van der Waals surface area contributed by atoms with E-state index < -0.39 is 0 Å². The molecule has 0 aliphatic heterocycles.